The lowest BCUT2D eigenvalue weighted by Crippen LogP contribution is -2.04. The Kier molecular flexibility index (Phi) is 0.708. The van der Waals surface area contributed by atoms with Crippen molar-refractivity contribution in [2.45, 2.75) is 6.92 Å². The van der Waals surface area contributed by atoms with Gasteiger partial charge in [-0.1, -0.05) is 0 Å². The van der Waals surface area contributed by atoms with Crippen LogP contribution in [0.1, 0.15) is 6.92 Å². The summed E-state index contributed by atoms with van der Waals surface area (Å²) in [6.45, 7) is 4.64. The molecule has 1 aliphatic heterocycles. The lowest BCUT2D eigenvalue weighted by atomic mass is 10.6. The van der Waals surface area contributed by atoms with Crippen molar-refractivity contribution in [2.24, 2.45) is 0 Å². The molecule has 0 aromatic carbocycles. The molecule has 2 heteroatoms. The number of nitrogens with one attached hydrogen (secondary N) is 2. The minimum Gasteiger partial charge on any atom is -0.360 e. The van der Waals surface area contributed by atoms with E-state index in [2.05, 4.69) is 17.3 Å². The summed E-state index contributed by atoms with van der Waals surface area (Å²) in [5.74, 6) is 0. The number of hydrogen-bond donors (Lipinski definition) is 2. The summed E-state index contributed by atoms with van der Waals surface area (Å²) < 4.78 is 0. The Bertz CT molecular complexity index is 75.6. The van der Waals surface area contributed by atoms with E-state index in [1.165, 1.54) is 0 Å². The number of allylic oxidation sites excluding steroid dienone is 1. The second-order valence-electron chi connectivity index (χ2n) is 1.22. The van der Waals surface area contributed by atoms with Gasteiger partial charge in [-0.2, -0.15) is 0 Å². The second-order valence-corrected chi connectivity index (χ2v) is 1.22. The van der Waals surface area contributed by atoms with Crippen LogP contribution in [0.2, 0.25) is 0 Å². The van der Waals surface area contributed by atoms with Gasteiger partial charge in [-0.3, -0.25) is 0 Å². The van der Waals surface area contributed by atoms with E-state index in [0.717, 1.165) is 5.70 Å². The third kappa shape index (κ3) is 0.455. The van der Waals surface area contributed by atoms with Crippen LogP contribution in [0, 0.1) is 6.67 Å². The zero-order valence-corrected chi connectivity index (χ0v) is 3.58. The Labute approximate surface area is 37.2 Å². The van der Waals surface area contributed by atoms with Gasteiger partial charge in [0.2, 0.25) is 6.67 Å². The van der Waals surface area contributed by atoms with Gasteiger partial charge in [-0.25, -0.2) is 0 Å². The Balaban J connectivity index is 2.45. The summed E-state index contributed by atoms with van der Waals surface area (Å²) in [5, 5.41) is 5.57. The first-order valence-corrected chi connectivity index (χ1v) is 1.83. The van der Waals surface area contributed by atoms with Gasteiger partial charge in [0, 0.05) is 11.9 Å². The van der Waals surface area contributed by atoms with Gasteiger partial charge in [0.15, 0.2) is 0 Å². The summed E-state index contributed by atoms with van der Waals surface area (Å²) in [7, 11) is 0. The van der Waals surface area contributed by atoms with Crippen LogP contribution in [0.25, 0.3) is 0 Å². The Morgan fingerprint density at radius 3 is 2.83 bits per heavy atom. The summed E-state index contributed by atoms with van der Waals surface area (Å²) in [4.78, 5) is 0. The fraction of sp³-hybridized carbons (Fsp3) is 0.250. The van der Waals surface area contributed by atoms with E-state index in [1.54, 1.807) is 0 Å². The van der Waals surface area contributed by atoms with Crippen molar-refractivity contribution in [3.63, 3.8) is 0 Å². The molecule has 2 radical (unpaired) electrons. The summed E-state index contributed by atoms with van der Waals surface area (Å²) in [6.07, 6.45) is 1.85. The topological polar surface area (TPSA) is 24.1 Å². The highest BCUT2D eigenvalue weighted by Crippen LogP contribution is 1.88. The largest absolute Gasteiger partial charge is 0.360 e. The van der Waals surface area contributed by atoms with Crippen LogP contribution in [0.15, 0.2) is 11.9 Å². The maximum Gasteiger partial charge on any atom is 0.202 e. The second kappa shape index (κ2) is 1.20. The van der Waals surface area contributed by atoms with E-state index in [4.69, 9.17) is 0 Å². The lowest BCUT2D eigenvalue weighted by Gasteiger charge is -1.84. The molecule has 0 saturated heterocycles. The van der Waals surface area contributed by atoms with Crippen LogP contribution in [0.5, 0.6) is 0 Å². The van der Waals surface area contributed by atoms with E-state index >= 15 is 0 Å². The van der Waals surface area contributed by atoms with Crippen molar-refractivity contribution in [3.8, 4) is 0 Å². The van der Waals surface area contributed by atoms with Gasteiger partial charge in [0.05, 0.1) is 0 Å². The van der Waals surface area contributed by atoms with Gasteiger partial charge in [-0.05, 0) is 6.92 Å². The molecule has 0 fully saturated rings. The van der Waals surface area contributed by atoms with E-state index < -0.39 is 0 Å². The minimum absolute atomic E-state index is 1.11. The molecule has 0 aromatic heterocycles. The smallest absolute Gasteiger partial charge is 0.202 e. The van der Waals surface area contributed by atoms with E-state index in [9.17, 15) is 0 Å². The average molecular weight is 82.1 g/mol. The first kappa shape index (κ1) is 3.53. The predicted molar refractivity (Wildman–Crippen MR) is 23.3 cm³/mol. The Hall–Kier alpha value is -0.660. The molecule has 6 heavy (non-hydrogen) atoms. The average Bonchev–Trinajstić information content (AvgIpc) is 1.86. The molecule has 0 aromatic rings. The van der Waals surface area contributed by atoms with Crippen LogP contribution in [0.3, 0.4) is 0 Å². The summed E-state index contributed by atoms with van der Waals surface area (Å²) in [6, 6.07) is 0. The van der Waals surface area contributed by atoms with Crippen molar-refractivity contribution in [1.29, 1.82) is 0 Å². The Morgan fingerprint density at radius 1 is 1.83 bits per heavy atom. The van der Waals surface area contributed by atoms with Gasteiger partial charge in [0.1, 0.15) is 0 Å². The molecule has 0 unspecified atom stereocenters. The highest BCUT2D eigenvalue weighted by Gasteiger charge is 1.92. The highest BCUT2D eigenvalue weighted by atomic mass is 15.1. The first-order valence-electron chi connectivity index (χ1n) is 1.83. The molecule has 0 saturated carbocycles. The van der Waals surface area contributed by atoms with Crippen LogP contribution < -0.4 is 10.6 Å². The van der Waals surface area contributed by atoms with E-state index in [1.807, 2.05) is 13.1 Å². The quantitative estimate of drug-likeness (QED) is 0.431. The molecule has 32 valence electrons. The highest BCUT2D eigenvalue weighted by molar-refractivity contribution is 5.02. The summed E-state index contributed by atoms with van der Waals surface area (Å²) >= 11 is 0. The van der Waals surface area contributed by atoms with Gasteiger partial charge < -0.3 is 10.6 Å². The van der Waals surface area contributed by atoms with Crippen molar-refractivity contribution in [1.82, 2.24) is 10.6 Å². The molecule has 1 heterocycles. The minimum atomic E-state index is 1.11. The third-order valence-electron chi connectivity index (χ3n) is 0.621. The molecule has 1 rings (SSSR count). The molecule has 1 aliphatic rings. The van der Waals surface area contributed by atoms with E-state index in [0.29, 0.717) is 0 Å². The van der Waals surface area contributed by atoms with Crippen molar-refractivity contribution >= 4 is 0 Å². The molecule has 0 spiro atoms. The fourth-order valence-electron chi connectivity index (χ4n) is 0.315. The molecule has 2 N–H and O–H groups in total. The lowest BCUT2D eigenvalue weighted by molar-refractivity contribution is 0.947. The predicted octanol–water partition coefficient (Wildman–Crippen LogP) is 0.0368. The normalized spacial score (nSPS) is 18.5. The third-order valence-corrected chi connectivity index (χ3v) is 0.621. The fourth-order valence-corrected chi connectivity index (χ4v) is 0.315. The summed E-state index contributed by atoms with van der Waals surface area (Å²) in [5.41, 5.74) is 1.11. The van der Waals surface area contributed by atoms with Crippen LogP contribution in [-0.4, -0.2) is 0 Å². The van der Waals surface area contributed by atoms with Crippen LogP contribution in [-0.2, 0) is 0 Å². The van der Waals surface area contributed by atoms with Crippen molar-refractivity contribution < 1.29 is 0 Å². The zero-order chi connectivity index (χ0) is 4.41. The first-order chi connectivity index (χ1) is 2.89. The SMILES string of the molecule is CC1=CN[C]N1. The molecule has 0 amide bonds. The van der Waals surface area contributed by atoms with Gasteiger partial charge in [-0.15, -0.1) is 0 Å². The monoisotopic (exact) mass is 82.1 g/mol. The molecular formula is C4H6N2. The van der Waals surface area contributed by atoms with Gasteiger partial charge in [0.25, 0.3) is 0 Å². The standard InChI is InChI=1S/C4H6N2/c1-4-2-5-3-6-4/h2,5-6H,1H3. The molecule has 0 atom stereocenters. The number of rotatable bonds is 0. The molecule has 2 nitrogen and oxygen atoms in total. The Morgan fingerprint density at radius 2 is 2.67 bits per heavy atom. The maximum absolute atomic E-state index is 2.82. The molecular weight excluding hydrogens is 76.1 g/mol. The molecule has 0 bridgehead atoms. The van der Waals surface area contributed by atoms with Crippen LogP contribution in [0.4, 0.5) is 0 Å². The van der Waals surface area contributed by atoms with Crippen LogP contribution >= 0.6 is 0 Å². The molecule has 0 aliphatic carbocycles. The van der Waals surface area contributed by atoms with Gasteiger partial charge >= 0.3 is 0 Å². The maximum atomic E-state index is 2.82. The number of hydrogen-bond acceptors (Lipinski definition) is 2. The zero-order valence-electron chi connectivity index (χ0n) is 3.58. The van der Waals surface area contributed by atoms with Crippen molar-refractivity contribution in [3.05, 3.63) is 18.6 Å². The van der Waals surface area contributed by atoms with Crippen molar-refractivity contribution in [2.75, 3.05) is 0 Å². The van der Waals surface area contributed by atoms with E-state index in [-0.39, 0.29) is 0 Å².